The minimum Gasteiger partial charge on any atom is -0.368 e. The van der Waals surface area contributed by atoms with Crippen LogP contribution in [0.4, 0.5) is 32.2 Å². The summed E-state index contributed by atoms with van der Waals surface area (Å²) in [4.78, 5) is 81.4. The Bertz CT molecular complexity index is 6400. The zero-order valence-electron chi connectivity index (χ0n) is 59.8. The van der Waals surface area contributed by atoms with Crippen molar-refractivity contribution >= 4 is 112 Å². The Morgan fingerprint density at radius 3 is 1.18 bits per heavy atom. The molecule has 18 rings (SSSR count). The lowest BCUT2D eigenvalue weighted by atomic mass is 9.99. The molecule has 1 aliphatic carbocycles. The lowest BCUT2D eigenvalue weighted by Gasteiger charge is -2.22. The quantitative estimate of drug-likeness (QED) is 0.0693. The molecule has 1 aliphatic rings. The summed E-state index contributed by atoms with van der Waals surface area (Å²) < 4.78 is 38.8. The predicted molar refractivity (Wildman–Crippen MR) is 425 cm³/mol. The first-order valence-electron chi connectivity index (χ1n) is 35.1. The van der Waals surface area contributed by atoms with Crippen molar-refractivity contribution in [3.8, 4) is 44.8 Å². The second kappa shape index (κ2) is 29.3. The lowest BCUT2D eigenvalue weighted by molar-refractivity contribution is 0.625. The highest BCUT2D eigenvalue weighted by Crippen LogP contribution is 2.40. The summed E-state index contributed by atoms with van der Waals surface area (Å²) in [6, 6.07) is 45.1. The largest absolute Gasteiger partial charge is 0.368 e. The number of rotatable bonds is 15. The fourth-order valence-electron chi connectivity index (χ4n) is 14.0. The van der Waals surface area contributed by atoms with Crippen molar-refractivity contribution in [3.05, 3.63) is 284 Å². The van der Waals surface area contributed by atoms with Crippen LogP contribution >= 0.6 is 23.2 Å². The van der Waals surface area contributed by atoms with E-state index >= 15 is 0 Å². The van der Waals surface area contributed by atoms with Gasteiger partial charge in [0.05, 0.1) is 80.8 Å². The second-order valence-electron chi connectivity index (χ2n) is 26.7. The average molecular weight is 1500 g/mol. The summed E-state index contributed by atoms with van der Waals surface area (Å²) in [6.07, 6.45) is 17.9. The number of nitrogen functional groups attached to an aromatic ring is 1. The minimum atomic E-state index is -0.450. The van der Waals surface area contributed by atoms with Gasteiger partial charge in [-0.3, -0.25) is 52.5 Å². The van der Waals surface area contributed by atoms with Crippen LogP contribution in [-0.2, 0) is 21.1 Å². The fourth-order valence-corrected chi connectivity index (χ4v) is 14.4. The standard InChI is InChI=1S/C28H21ClFN7O.C28H23FN8O.C25H22ClN7O/c1-16(33-26-25-22(10-5-11-31-25)34-28(29)35-26)23-12-17-6-3-9-21(18-14-32-36(2)15-18)24(17)27(38)37(23)20-8-4-7-19(30)13-20;1-16(33-26-25-22(10-5-11-31-25)34-28(30)35-26)23-12-17-6-3-9-21(18-14-32-36(2)15-18)24(17)27(38)37(23)20-8-4-7-19(29)13-20;1-14(29-23-22-19(7-4-10-27-22)30-25(26)31-23)20-11-15-5-3-6-18(16-12-28-32(2)13-16)21(15)24(34)33(20)17-8-9-17/h3-16H,1-2H3,(H,33,34,35);3-16H,1-2H3,(H3,30,33,34,35);3-7,10-14,17H,8-9H2,1-2H3,(H,29,30,31)/t2*16-;14-/m000/s1. The third-order valence-electron chi connectivity index (χ3n) is 19.1. The summed E-state index contributed by atoms with van der Waals surface area (Å²) in [5, 5.41) is 27.3. The molecule has 25 nitrogen and oxygen atoms in total. The minimum absolute atomic E-state index is 0.0202. The molecule has 12 heterocycles. The predicted octanol–water partition coefficient (Wildman–Crippen LogP) is 15.2. The Labute approximate surface area is 634 Å². The summed E-state index contributed by atoms with van der Waals surface area (Å²) in [7, 11) is 5.52. The number of anilines is 4. The molecule has 0 radical (unpaired) electrons. The van der Waals surface area contributed by atoms with Crippen molar-refractivity contribution in [2.24, 2.45) is 21.1 Å². The summed E-state index contributed by atoms with van der Waals surface area (Å²) in [5.74, 6) is 0.614. The Kier molecular flexibility index (Phi) is 18.9. The second-order valence-corrected chi connectivity index (χ2v) is 27.4. The third-order valence-corrected chi connectivity index (χ3v) is 19.4. The van der Waals surface area contributed by atoms with Gasteiger partial charge in [-0.15, -0.1) is 0 Å². The number of hydrogen-bond acceptors (Lipinski definition) is 19. The van der Waals surface area contributed by atoms with E-state index in [4.69, 9.17) is 28.9 Å². The number of hydrogen-bond donors (Lipinski definition) is 4. The Balaban J connectivity index is 0.000000126. The van der Waals surface area contributed by atoms with Gasteiger partial charge in [-0.05, 0) is 181 Å². The molecule has 110 heavy (non-hydrogen) atoms. The van der Waals surface area contributed by atoms with Crippen molar-refractivity contribution in [1.29, 1.82) is 0 Å². The normalized spacial score (nSPS) is 12.9. The molecule has 546 valence electrons. The van der Waals surface area contributed by atoms with Crippen molar-refractivity contribution in [3.63, 3.8) is 0 Å². The first kappa shape index (κ1) is 70.8. The topological polar surface area (TPSA) is 298 Å². The monoisotopic (exact) mass is 1500 g/mol. The number of benzene rings is 5. The summed E-state index contributed by atoms with van der Waals surface area (Å²) in [6.45, 7) is 5.82. The molecule has 5 aromatic carbocycles. The molecule has 0 aliphatic heterocycles. The molecule has 0 bridgehead atoms. The van der Waals surface area contributed by atoms with Crippen molar-refractivity contribution in [2.75, 3.05) is 21.7 Å². The van der Waals surface area contributed by atoms with E-state index in [1.54, 1.807) is 99.8 Å². The number of nitrogens with two attached hydrogens (primary N) is 1. The van der Waals surface area contributed by atoms with Crippen molar-refractivity contribution in [1.82, 2.24) is 87.9 Å². The Morgan fingerprint density at radius 2 is 0.800 bits per heavy atom. The van der Waals surface area contributed by atoms with Gasteiger partial charge in [0.15, 0.2) is 17.5 Å². The molecule has 3 atom stereocenters. The SMILES string of the molecule is C[C@H](Nc1nc(Cl)nc2cccnc12)c1cc2cccc(-c3cnn(C)c3)c2c(=O)n1-c1cccc(F)c1.C[C@H](Nc1nc(Cl)nc2cccnc12)c1cc2cccc(-c3cnn(C)c3)c2c(=O)n1C1CC1.C[C@H](Nc1nc(N)nc2cccnc12)c1cc2cccc(-c3cnn(C)c3)c2c(=O)n1-c1cccc(F)c1. The third kappa shape index (κ3) is 13.9. The number of halogens is 4. The summed E-state index contributed by atoms with van der Waals surface area (Å²) >= 11 is 12.4. The van der Waals surface area contributed by atoms with E-state index < -0.39 is 23.7 Å². The number of nitrogens with one attached hydrogen (secondary N) is 3. The van der Waals surface area contributed by atoms with Gasteiger partial charge < -0.3 is 26.3 Å². The van der Waals surface area contributed by atoms with Crippen LogP contribution in [0, 0.1) is 11.6 Å². The highest BCUT2D eigenvalue weighted by atomic mass is 35.5. The van der Waals surface area contributed by atoms with Gasteiger partial charge >= 0.3 is 0 Å². The van der Waals surface area contributed by atoms with Gasteiger partial charge in [-0.25, -0.2) is 23.7 Å². The molecular formula is C81H66Cl2F2N22O3. The molecule has 12 aromatic heterocycles. The van der Waals surface area contributed by atoms with Crippen LogP contribution in [0.1, 0.15) is 74.9 Å². The van der Waals surface area contributed by atoms with Crippen molar-refractivity contribution in [2.45, 2.75) is 57.8 Å². The number of fused-ring (bicyclic) bond motifs is 6. The maximum absolute atomic E-state index is 14.4. The van der Waals surface area contributed by atoms with Gasteiger partial charge in [-0.1, -0.05) is 66.7 Å². The van der Waals surface area contributed by atoms with Gasteiger partial charge in [0.25, 0.3) is 16.7 Å². The van der Waals surface area contributed by atoms with Crippen molar-refractivity contribution < 1.29 is 8.78 Å². The van der Waals surface area contributed by atoms with Crippen LogP contribution in [0.3, 0.4) is 0 Å². The van der Waals surface area contributed by atoms with Gasteiger partial charge in [0.1, 0.15) is 28.2 Å². The zero-order chi connectivity index (χ0) is 76.2. The van der Waals surface area contributed by atoms with E-state index in [2.05, 4.69) is 82.2 Å². The molecule has 0 unspecified atom stereocenters. The fraction of sp³-hybridized carbons (Fsp3) is 0.148. The number of pyridine rings is 6. The van der Waals surface area contributed by atoms with Crippen LogP contribution in [0.2, 0.25) is 10.6 Å². The molecule has 0 spiro atoms. The smallest absolute Gasteiger partial charge is 0.263 e. The van der Waals surface area contributed by atoms with Gasteiger partial charge in [-0.2, -0.15) is 30.2 Å². The highest BCUT2D eigenvalue weighted by molar-refractivity contribution is 6.29. The molecule has 0 saturated heterocycles. The molecule has 5 N–H and O–H groups in total. The Morgan fingerprint density at radius 1 is 0.436 bits per heavy atom. The van der Waals surface area contributed by atoms with Crippen LogP contribution in [-0.4, -0.2) is 87.9 Å². The van der Waals surface area contributed by atoms with Crippen LogP contribution in [0.25, 0.3) is 110 Å². The molecule has 17 aromatic rings. The maximum Gasteiger partial charge on any atom is 0.263 e. The van der Waals surface area contributed by atoms with E-state index in [0.29, 0.717) is 84.1 Å². The highest BCUT2D eigenvalue weighted by Gasteiger charge is 2.31. The first-order valence-corrected chi connectivity index (χ1v) is 35.8. The lowest BCUT2D eigenvalue weighted by Crippen LogP contribution is -2.26. The van der Waals surface area contributed by atoms with E-state index in [-0.39, 0.29) is 45.3 Å². The molecule has 0 amide bonds. The van der Waals surface area contributed by atoms with Gasteiger partial charge in [0.2, 0.25) is 16.5 Å². The van der Waals surface area contributed by atoms with Crippen LogP contribution < -0.4 is 38.4 Å². The Hall–Kier alpha value is -13.5. The molecule has 1 saturated carbocycles. The molecule has 29 heteroatoms. The van der Waals surface area contributed by atoms with E-state index in [9.17, 15) is 23.2 Å². The number of nitrogens with zero attached hydrogens (tertiary/aromatic N) is 18. The number of aryl methyl sites for hydroxylation is 3. The van der Waals surface area contributed by atoms with E-state index in [1.807, 2.05) is 144 Å². The van der Waals surface area contributed by atoms with E-state index in [0.717, 1.165) is 73.5 Å². The van der Waals surface area contributed by atoms with Gasteiger partial charge in [0, 0.05) is 98.1 Å². The van der Waals surface area contributed by atoms with Crippen LogP contribution in [0.15, 0.2) is 228 Å². The van der Waals surface area contributed by atoms with Crippen LogP contribution in [0.5, 0.6) is 0 Å². The first-order chi connectivity index (χ1) is 53.3. The molecular weight excluding hydrogens is 1440 g/mol. The van der Waals surface area contributed by atoms with E-state index in [1.165, 1.54) is 33.4 Å². The average Bonchev–Trinajstić information content (AvgIpc) is 1.40. The molecule has 1 fully saturated rings. The zero-order valence-corrected chi connectivity index (χ0v) is 61.3. The summed E-state index contributed by atoms with van der Waals surface area (Å²) in [5.41, 5.74) is 16.9. The maximum atomic E-state index is 14.4. The number of aromatic nitrogens is 18.